The Morgan fingerprint density at radius 2 is 1.73 bits per heavy atom. The van der Waals surface area contributed by atoms with Crippen LogP contribution in [0.1, 0.15) is 69.8 Å². The molecule has 0 unspecified atom stereocenters. The highest BCUT2D eigenvalue weighted by molar-refractivity contribution is 8.18. The van der Waals surface area contributed by atoms with Crippen LogP contribution in [0.2, 0.25) is 0 Å². The molecule has 4 rings (SSSR count). The van der Waals surface area contributed by atoms with Gasteiger partial charge in [-0.1, -0.05) is 56.6 Å². The Kier molecular flexibility index (Phi) is 7.17. The van der Waals surface area contributed by atoms with Crippen LogP contribution in [0.4, 0.5) is 0 Å². The number of aliphatic imine (C=N–C) groups is 1. The van der Waals surface area contributed by atoms with Crippen LogP contribution < -0.4 is 4.74 Å². The summed E-state index contributed by atoms with van der Waals surface area (Å²) >= 11 is 1.56. The van der Waals surface area contributed by atoms with E-state index < -0.39 is 0 Å². The zero-order chi connectivity index (χ0) is 20.8. The summed E-state index contributed by atoms with van der Waals surface area (Å²) in [6.45, 7) is 0.256. The van der Waals surface area contributed by atoms with Crippen LogP contribution in [0, 0.1) is 12.3 Å². The quantitative estimate of drug-likeness (QED) is 0.456. The van der Waals surface area contributed by atoms with E-state index in [0.29, 0.717) is 12.1 Å². The van der Waals surface area contributed by atoms with Crippen LogP contribution in [0.5, 0.6) is 5.75 Å². The van der Waals surface area contributed by atoms with E-state index in [4.69, 9.17) is 16.2 Å². The van der Waals surface area contributed by atoms with E-state index in [0.717, 1.165) is 47.1 Å². The predicted molar refractivity (Wildman–Crippen MR) is 124 cm³/mol. The first-order valence-electron chi connectivity index (χ1n) is 11.2. The number of terminal acetylenes is 1. The van der Waals surface area contributed by atoms with Crippen LogP contribution in [0.25, 0.3) is 6.08 Å². The smallest absolute Gasteiger partial charge is 0.266 e. The minimum Gasteiger partial charge on any atom is -0.481 e. The van der Waals surface area contributed by atoms with Crippen molar-refractivity contribution in [3.05, 3.63) is 34.7 Å². The summed E-state index contributed by atoms with van der Waals surface area (Å²) in [6, 6.07) is 8.38. The Morgan fingerprint density at radius 3 is 2.40 bits per heavy atom. The molecule has 1 aromatic carbocycles. The number of rotatable bonds is 5. The predicted octanol–water partition coefficient (Wildman–Crippen LogP) is 5.64. The van der Waals surface area contributed by atoms with E-state index in [2.05, 4.69) is 5.92 Å². The zero-order valence-electron chi connectivity index (χ0n) is 17.5. The van der Waals surface area contributed by atoms with Gasteiger partial charge in [0.1, 0.15) is 12.4 Å². The lowest BCUT2D eigenvalue weighted by atomic mass is 9.94. The minimum absolute atomic E-state index is 0.120. The van der Waals surface area contributed by atoms with Gasteiger partial charge >= 0.3 is 0 Å². The van der Waals surface area contributed by atoms with Crippen molar-refractivity contribution in [1.82, 2.24) is 4.90 Å². The summed E-state index contributed by atoms with van der Waals surface area (Å²) < 4.78 is 5.44. The summed E-state index contributed by atoms with van der Waals surface area (Å²) in [5.74, 6) is 3.33. The van der Waals surface area contributed by atoms with Gasteiger partial charge in [0.25, 0.3) is 5.91 Å². The lowest BCUT2D eigenvalue weighted by Crippen LogP contribution is -2.41. The van der Waals surface area contributed by atoms with Crippen molar-refractivity contribution in [1.29, 1.82) is 0 Å². The number of carbonyl (C=O) groups is 1. The zero-order valence-corrected chi connectivity index (χ0v) is 18.3. The average Bonchev–Trinajstić information content (AvgIpc) is 3.09. The van der Waals surface area contributed by atoms with Crippen LogP contribution in [0.15, 0.2) is 34.2 Å². The Balaban J connectivity index is 1.56. The van der Waals surface area contributed by atoms with Crippen LogP contribution in [0.3, 0.4) is 0 Å². The molecule has 0 aromatic heterocycles. The number of nitrogens with zero attached hydrogens (tertiary/aromatic N) is 2. The number of hydrogen-bond acceptors (Lipinski definition) is 4. The molecular formula is C25H30N2O2S. The molecule has 158 valence electrons. The highest BCUT2D eigenvalue weighted by Crippen LogP contribution is 2.38. The molecule has 0 radical (unpaired) electrons. The van der Waals surface area contributed by atoms with E-state index in [-0.39, 0.29) is 12.5 Å². The Hall–Kier alpha value is -2.19. The molecule has 2 saturated carbocycles. The molecule has 0 spiro atoms. The normalized spacial score (nSPS) is 23.8. The maximum Gasteiger partial charge on any atom is 0.266 e. The topological polar surface area (TPSA) is 41.9 Å². The van der Waals surface area contributed by atoms with Gasteiger partial charge in [-0.15, -0.1) is 6.42 Å². The highest BCUT2D eigenvalue weighted by Gasteiger charge is 2.39. The van der Waals surface area contributed by atoms with Gasteiger partial charge in [0.15, 0.2) is 5.17 Å². The number of benzene rings is 1. The maximum atomic E-state index is 13.4. The van der Waals surface area contributed by atoms with Crippen molar-refractivity contribution in [3.63, 3.8) is 0 Å². The first kappa shape index (κ1) is 21.1. The highest BCUT2D eigenvalue weighted by atomic mass is 32.2. The SMILES string of the molecule is C#CCOc1ccc(C=C2SC(=NC3CCCCC3)N(C3CCCCC3)C2=O)cc1. The van der Waals surface area contributed by atoms with Crippen molar-refractivity contribution in [2.45, 2.75) is 76.3 Å². The summed E-state index contributed by atoms with van der Waals surface area (Å²) in [7, 11) is 0. The fourth-order valence-electron chi connectivity index (χ4n) is 4.54. The number of hydrogen-bond donors (Lipinski definition) is 0. The van der Waals surface area contributed by atoms with Gasteiger partial charge in [-0.3, -0.25) is 14.7 Å². The van der Waals surface area contributed by atoms with Crippen molar-refractivity contribution >= 4 is 28.9 Å². The van der Waals surface area contributed by atoms with Crippen LogP contribution >= 0.6 is 11.8 Å². The molecule has 2 aliphatic carbocycles. The monoisotopic (exact) mass is 422 g/mol. The molecular weight excluding hydrogens is 392 g/mol. The van der Waals surface area contributed by atoms with Gasteiger partial charge in [-0.05, 0) is 61.2 Å². The Labute approximate surface area is 184 Å². The van der Waals surface area contributed by atoms with E-state index in [9.17, 15) is 4.79 Å². The minimum atomic E-state index is 0.120. The van der Waals surface area contributed by atoms with Gasteiger partial charge in [-0.2, -0.15) is 0 Å². The second-order valence-electron chi connectivity index (χ2n) is 8.34. The molecule has 5 heteroatoms. The Bertz CT molecular complexity index is 841. The summed E-state index contributed by atoms with van der Waals surface area (Å²) in [6.07, 6.45) is 19.2. The summed E-state index contributed by atoms with van der Waals surface area (Å²) in [5, 5.41) is 0.930. The summed E-state index contributed by atoms with van der Waals surface area (Å²) in [5.41, 5.74) is 0.987. The standard InChI is InChI=1S/C25H30N2O2S/c1-2-17-29-22-15-13-19(14-16-22)18-23-24(28)27(21-11-7-4-8-12-21)25(30-23)26-20-9-5-3-6-10-20/h1,13-16,18,20-21H,3-12,17H2. The molecule has 1 aliphatic heterocycles. The van der Waals surface area contributed by atoms with E-state index in [1.165, 1.54) is 38.5 Å². The average molecular weight is 423 g/mol. The van der Waals surface area contributed by atoms with Gasteiger partial charge in [-0.25, -0.2) is 0 Å². The Morgan fingerprint density at radius 1 is 1.07 bits per heavy atom. The maximum absolute atomic E-state index is 13.4. The molecule has 0 bridgehead atoms. The fourth-order valence-corrected chi connectivity index (χ4v) is 5.65. The lowest BCUT2D eigenvalue weighted by Gasteiger charge is -2.31. The number of amides is 1. The van der Waals surface area contributed by atoms with Gasteiger partial charge in [0, 0.05) is 6.04 Å². The van der Waals surface area contributed by atoms with Crippen molar-refractivity contribution in [3.8, 4) is 18.1 Å². The third kappa shape index (κ3) is 5.10. The number of thioether (sulfide) groups is 1. The van der Waals surface area contributed by atoms with Gasteiger partial charge in [0.05, 0.1) is 10.9 Å². The number of carbonyl (C=O) groups excluding carboxylic acids is 1. The third-order valence-corrected chi connectivity index (χ3v) is 7.14. The molecule has 4 nitrogen and oxygen atoms in total. The van der Waals surface area contributed by atoms with Crippen molar-refractivity contribution < 1.29 is 9.53 Å². The molecule has 1 saturated heterocycles. The molecule has 0 atom stereocenters. The summed E-state index contributed by atoms with van der Waals surface area (Å²) in [4.78, 5) is 21.3. The van der Waals surface area contributed by atoms with E-state index >= 15 is 0 Å². The number of amidine groups is 1. The second-order valence-corrected chi connectivity index (χ2v) is 9.35. The second kappa shape index (κ2) is 10.2. The van der Waals surface area contributed by atoms with E-state index in [1.54, 1.807) is 11.8 Å². The third-order valence-electron chi connectivity index (χ3n) is 6.14. The van der Waals surface area contributed by atoms with Crippen molar-refractivity contribution in [2.75, 3.05) is 6.61 Å². The molecule has 30 heavy (non-hydrogen) atoms. The number of ether oxygens (including phenoxy) is 1. The fraction of sp³-hybridized carbons (Fsp3) is 0.520. The van der Waals surface area contributed by atoms with Gasteiger partial charge < -0.3 is 4.74 Å². The lowest BCUT2D eigenvalue weighted by molar-refractivity contribution is -0.124. The molecule has 1 heterocycles. The van der Waals surface area contributed by atoms with Gasteiger partial charge in [0.2, 0.25) is 0 Å². The first-order valence-corrected chi connectivity index (χ1v) is 12.0. The van der Waals surface area contributed by atoms with Crippen LogP contribution in [-0.2, 0) is 4.79 Å². The largest absolute Gasteiger partial charge is 0.481 e. The van der Waals surface area contributed by atoms with E-state index in [1.807, 2.05) is 35.2 Å². The molecule has 1 aromatic rings. The molecule has 1 amide bonds. The first-order chi connectivity index (χ1) is 14.7. The molecule has 3 fully saturated rings. The van der Waals surface area contributed by atoms with Crippen LogP contribution in [-0.4, -0.2) is 34.7 Å². The molecule has 3 aliphatic rings. The van der Waals surface area contributed by atoms with Crippen molar-refractivity contribution in [2.24, 2.45) is 4.99 Å². The molecule has 0 N–H and O–H groups in total.